The number of non-ortho nitro benzene ring substituents is 1. The van der Waals surface area contributed by atoms with Crippen molar-refractivity contribution in [1.29, 1.82) is 0 Å². The number of amides is 1. The lowest BCUT2D eigenvalue weighted by molar-refractivity contribution is -0.384. The number of nitrogens with zero attached hydrogens (tertiary/aromatic N) is 2. The van der Waals surface area contributed by atoms with Crippen molar-refractivity contribution in [2.75, 3.05) is 30.4 Å². The predicted molar refractivity (Wildman–Crippen MR) is 97.6 cm³/mol. The van der Waals surface area contributed by atoms with Crippen molar-refractivity contribution < 1.29 is 14.5 Å². The van der Waals surface area contributed by atoms with E-state index in [-0.39, 0.29) is 23.2 Å². The minimum Gasteiger partial charge on any atom is -0.497 e. The summed E-state index contributed by atoms with van der Waals surface area (Å²) in [6.07, 6.45) is 0. The van der Waals surface area contributed by atoms with Gasteiger partial charge in [0.1, 0.15) is 5.75 Å². The minimum absolute atomic E-state index is 0.0608. The van der Waals surface area contributed by atoms with E-state index in [4.69, 9.17) is 16.3 Å². The molecule has 0 saturated carbocycles. The van der Waals surface area contributed by atoms with Crippen LogP contribution in [0.25, 0.3) is 0 Å². The fourth-order valence-corrected chi connectivity index (χ4v) is 2.60. The van der Waals surface area contributed by atoms with Crippen LogP contribution in [0.15, 0.2) is 42.5 Å². The minimum atomic E-state index is -0.512. The molecule has 0 atom stereocenters. The molecule has 0 radical (unpaired) electrons. The lowest BCUT2D eigenvalue weighted by atomic mass is 10.2. The summed E-state index contributed by atoms with van der Waals surface area (Å²) in [6.45, 7) is 2.45. The second-order valence-corrected chi connectivity index (χ2v) is 5.59. The number of ether oxygens (including phenoxy) is 1. The van der Waals surface area contributed by atoms with E-state index >= 15 is 0 Å². The fourth-order valence-electron chi connectivity index (χ4n) is 2.31. The molecular formula is C17H18ClN3O4. The number of nitro groups is 1. The van der Waals surface area contributed by atoms with Crippen molar-refractivity contribution >= 4 is 34.6 Å². The van der Waals surface area contributed by atoms with Gasteiger partial charge in [-0.3, -0.25) is 14.9 Å². The molecule has 7 nitrogen and oxygen atoms in total. The first-order valence-corrected chi connectivity index (χ1v) is 7.95. The third-order valence-electron chi connectivity index (χ3n) is 3.55. The van der Waals surface area contributed by atoms with Crippen molar-refractivity contribution in [1.82, 2.24) is 0 Å². The zero-order valence-corrected chi connectivity index (χ0v) is 14.6. The molecule has 2 aromatic carbocycles. The van der Waals surface area contributed by atoms with Crippen LogP contribution in [0.2, 0.25) is 5.02 Å². The van der Waals surface area contributed by atoms with Crippen LogP contribution in [0.5, 0.6) is 5.75 Å². The number of nitro benzene ring substituents is 1. The molecule has 0 unspecified atom stereocenters. The maximum Gasteiger partial charge on any atom is 0.271 e. The Kier molecular flexibility index (Phi) is 6.19. The van der Waals surface area contributed by atoms with Crippen molar-refractivity contribution in [2.24, 2.45) is 0 Å². The molecule has 0 saturated heterocycles. The Labute approximate surface area is 150 Å². The van der Waals surface area contributed by atoms with E-state index in [1.807, 2.05) is 6.92 Å². The van der Waals surface area contributed by atoms with Crippen molar-refractivity contribution in [3.05, 3.63) is 57.6 Å². The Hall–Kier alpha value is -2.80. The van der Waals surface area contributed by atoms with E-state index in [9.17, 15) is 14.9 Å². The smallest absolute Gasteiger partial charge is 0.271 e. The summed E-state index contributed by atoms with van der Waals surface area (Å²) in [7, 11) is 1.55. The summed E-state index contributed by atoms with van der Waals surface area (Å²) in [5.41, 5.74) is 1.09. The Balaban J connectivity index is 2.10. The van der Waals surface area contributed by atoms with Crippen molar-refractivity contribution in [3.8, 4) is 5.75 Å². The van der Waals surface area contributed by atoms with Crippen LogP contribution in [0.3, 0.4) is 0 Å². The molecule has 0 aliphatic carbocycles. The van der Waals surface area contributed by atoms with Gasteiger partial charge in [-0.15, -0.1) is 0 Å². The highest BCUT2D eigenvalue weighted by atomic mass is 35.5. The van der Waals surface area contributed by atoms with Gasteiger partial charge in [-0.1, -0.05) is 17.7 Å². The predicted octanol–water partition coefficient (Wildman–Crippen LogP) is 3.72. The SMILES string of the molecule is CCN(CC(=O)Nc1cccc(OC)c1)c1ccc([N+](=O)[O-])cc1Cl. The van der Waals surface area contributed by atoms with E-state index in [2.05, 4.69) is 5.32 Å². The average Bonchev–Trinajstić information content (AvgIpc) is 2.60. The first-order chi connectivity index (χ1) is 11.9. The van der Waals surface area contributed by atoms with E-state index < -0.39 is 4.92 Å². The molecule has 25 heavy (non-hydrogen) atoms. The number of hydrogen-bond acceptors (Lipinski definition) is 5. The molecule has 1 N–H and O–H groups in total. The van der Waals surface area contributed by atoms with Gasteiger partial charge in [0.05, 0.1) is 29.3 Å². The molecule has 2 aromatic rings. The Morgan fingerprint density at radius 1 is 1.32 bits per heavy atom. The number of carbonyl (C=O) groups is 1. The quantitative estimate of drug-likeness (QED) is 0.598. The number of benzene rings is 2. The topological polar surface area (TPSA) is 84.7 Å². The summed E-state index contributed by atoms with van der Waals surface area (Å²) < 4.78 is 5.12. The van der Waals surface area contributed by atoms with Crippen LogP contribution in [0, 0.1) is 10.1 Å². The van der Waals surface area contributed by atoms with Crippen LogP contribution in [-0.4, -0.2) is 31.0 Å². The Morgan fingerprint density at radius 3 is 2.68 bits per heavy atom. The standard InChI is InChI=1S/C17H18ClN3O4/c1-3-20(16-8-7-13(21(23)24)10-15(16)18)11-17(22)19-12-5-4-6-14(9-12)25-2/h4-10H,3,11H2,1-2H3,(H,19,22). The van der Waals surface area contributed by atoms with E-state index in [1.165, 1.54) is 12.1 Å². The van der Waals surface area contributed by atoms with Gasteiger partial charge < -0.3 is 15.0 Å². The number of methoxy groups -OCH3 is 1. The zero-order chi connectivity index (χ0) is 18.4. The number of halogens is 1. The van der Waals surface area contributed by atoms with Gasteiger partial charge >= 0.3 is 0 Å². The molecule has 1 amide bonds. The number of carbonyl (C=O) groups excluding carboxylic acids is 1. The summed E-state index contributed by atoms with van der Waals surface area (Å²) >= 11 is 6.14. The van der Waals surface area contributed by atoms with Crippen LogP contribution >= 0.6 is 11.6 Å². The molecule has 8 heteroatoms. The first-order valence-electron chi connectivity index (χ1n) is 7.57. The Bertz CT molecular complexity index is 782. The molecular weight excluding hydrogens is 346 g/mol. The fraction of sp³-hybridized carbons (Fsp3) is 0.235. The Morgan fingerprint density at radius 2 is 2.08 bits per heavy atom. The van der Waals surface area contributed by atoms with Crippen LogP contribution in [-0.2, 0) is 4.79 Å². The van der Waals surface area contributed by atoms with Gasteiger partial charge in [0.2, 0.25) is 5.91 Å². The van der Waals surface area contributed by atoms with Gasteiger partial charge in [0.15, 0.2) is 0 Å². The first kappa shape index (κ1) is 18.5. The molecule has 0 heterocycles. The van der Waals surface area contributed by atoms with E-state index in [0.29, 0.717) is 23.7 Å². The van der Waals surface area contributed by atoms with Gasteiger partial charge in [0, 0.05) is 30.4 Å². The monoisotopic (exact) mass is 363 g/mol. The lowest BCUT2D eigenvalue weighted by Gasteiger charge is -2.23. The second kappa shape index (κ2) is 8.34. The number of hydrogen-bond donors (Lipinski definition) is 1. The van der Waals surface area contributed by atoms with Gasteiger partial charge in [-0.05, 0) is 25.1 Å². The largest absolute Gasteiger partial charge is 0.497 e. The summed E-state index contributed by atoms with van der Waals surface area (Å²) in [5.74, 6) is 0.410. The third kappa shape index (κ3) is 4.84. The highest BCUT2D eigenvalue weighted by molar-refractivity contribution is 6.33. The molecule has 2 rings (SSSR count). The number of rotatable bonds is 7. The molecule has 0 aliphatic rings. The number of anilines is 2. The second-order valence-electron chi connectivity index (χ2n) is 5.19. The molecule has 0 aromatic heterocycles. The maximum absolute atomic E-state index is 12.3. The maximum atomic E-state index is 12.3. The summed E-state index contributed by atoms with van der Waals surface area (Å²) in [6, 6.07) is 11.2. The van der Waals surface area contributed by atoms with Gasteiger partial charge in [-0.2, -0.15) is 0 Å². The zero-order valence-electron chi connectivity index (χ0n) is 13.9. The molecule has 132 valence electrons. The molecule has 0 aliphatic heterocycles. The van der Waals surface area contributed by atoms with E-state index in [0.717, 1.165) is 0 Å². The molecule has 0 bridgehead atoms. The highest BCUT2D eigenvalue weighted by Gasteiger charge is 2.16. The van der Waals surface area contributed by atoms with Gasteiger partial charge in [-0.25, -0.2) is 0 Å². The van der Waals surface area contributed by atoms with Crippen LogP contribution in [0.4, 0.5) is 17.1 Å². The van der Waals surface area contributed by atoms with Crippen LogP contribution < -0.4 is 15.0 Å². The van der Waals surface area contributed by atoms with E-state index in [1.54, 1.807) is 42.3 Å². The van der Waals surface area contributed by atoms with Gasteiger partial charge in [0.25, 0.3) is 5.69 Å². The number of likely N-dealkylation sites (N-methyl/N-ethyl adjacent to an activating group) is 1. The third-order valence-corrected chi connectivity index (χ3v) is 3.86. The van der Waals surface area contributed by atoms with Crippen molar-refractivity contribution in [2.45, 2.75) is 6.92 Å². The molecule has 0 fully saturated rings. The normalized spacial score (nSPS) is 10.2. The lowest BCUT2D eigenvalue weighted by Crippen LogP contribution is -2.33. The molecule has 0 spiro atoms. The summed E-state index contributed by atoms with van der Waals surface area (Å²) in [4.78, 5) is 24.3. The highest BCUT2D eigenvalue weighted by Crippen LogP contribution is 2.29. The number of nitrogens with one attached hydrogen (secondary N) is 1. The summed E-state index contributed by atoms with van der Waals surface area (Å²) in [5, 5.41) is 13.8. The van der Waals surface area contributed by atoms with Crippen molar-refractivity contribution in [3.63, 3.8) is 0 Å². The average molecular weight is 364 g/mol. The van der Waals surface area contributed by atoms with Crippen LogP contribution in [0.1, 0.15) is 6.92 Å².